The van der Waals surface area contributed by atoms with Gasteiger partial charge in [0, 0.05) is 6.54 Å². The van der Waals surface area contributed by atoms with Crippen LogP contribution in [0.5, 0.6) is 5.75 Å². The van der Waals surface area contributed by atoms with Gasteiger partial charge in [0.15, 0.2) is 4.77 Å². The van der Waals surface area contributed by atoms with E-state index >= 15 is 0 Å². The fraction of sp³-hybridized carbons (Fsp3) is 0.588. The number of imidazole rings is 1. The van der Waals surface area contributed by atoms with Crippen LogP contribution in [0.3, 0.4) is 0 Å². The molecule has 21 heavy (non-hydrogen) atoms. The van der Waals surface area contributed by atoms with Crippen molar-refractivity contribution in [3.05, 3.63) is 23.0 Å². The van der Waals surface area contributed by atoms with Crippen molar-refractivity contribution in [2.24, 2.45) is 11.8 Å². The van der Waals surface area contributed by atoms with Gasteiger partial charge in [-0.3, -0.25) is 0 Å². The number of nitrogens with zero attached hydrogens (tertiary/aromatic N) is 1. The van der Waals surface area contributed by atoms with Crippen molar-refractivity contribution in [3.63, 3.8) is 0 Å². The summed E-state index contributed by atoms with van der Waals surface area (Å²) in [4.78, 5) is 3.34. The van der Waals surface area contributed by atoms with Crippen molar-refractivity contribution >= 4 is 23.3 Å². The average Bonchev–Trinajstić information content (AvgIpc) is 2.96. The molecule has 0 spiro atoms. The first-order valence-corrected chi connectivity index (χ1v) is 8.35. The van der Waals surface area contributed by atoms with Crippen LogP contribution in [0.2, 0.25) is 0 Å². The number of aromatic nitrogens is 2. The molecule has 1 aromatic carbocycles. The molecule has 2 atom stereocenters. The van der Waals surface area contributed by atoms with E-state index in [2.05, 4.69) is 28.6 Å². The third-order valence-electron chi connectivity index (χ3n) is 4.59. The van der Waals surface area contributed by atoms with E-state index in [9.17, 15) is 0 Å². The van der Waals surface area contributed by atoms with Gasteiger partial charge in [-0.15, -0.1) is 0 Å². The molecule has 0 saturated heterocycles. The fourth-order valence-electron chi connectivity index (χ4n) is 3.42. The number of H-pyrrole nitrogens is 1. The number of rotatable bonds is 4. The standard InChI is InChI=1S/C17H24N2OS/c1-11(2)20-15-9-5-8-14-16(15)18-17(21)19(14)10-13-7-4-6-12(13)3/h5,8-9,11-13H,4,6-7,10H2,1-3H3,(H,18,21). The minimum absolute atomic E-state index is 0.163. The molecule has 114 valence electrons. The number of para-hydroxylation sites is 1. The molecule has 3 nitrogen and oxygen atoms in total. The van der Waals surface area contributed by atoms with Gasteiger partial charge in [-0.25, -0.2) is 0 Å². The van der Waals surface area contributed by atoms with Crippen LogP contribution in [-0.2, 0) is 6.54 Å². The molecule has 0 amide bonds. The molecule has 2 unspecified atom stereocenters. The summed E-state index contributed by atoms with van der Waals surface area (Å²) in [7, 11) is 0. The summed E-state index contributed by atoms with van der Waals surface area (Å²) < 4.78 is 8.96. The first kappa shape index (κ1) is 14.6. The number of aromatic amines is 1. The van der Waals surface area contributed by atoms with E-state index in [1.807, 2.05) is 19.9 Å². The minimum Gasteiger partial charge on any atom is -0.489 e. The summed E-state index contributed by atoms with van der Waals surface area (Å²) in [5.74, 6) is 2.43. The van der Waals surface area contributed by atoms with Gasteiger partial charge in [0.05, 0.1) is 11.6 Å². The van der Waals surface area contributed by atoms with Crippen LogP contribution < -0.4 is 4.74 Å². The first-order chi connectivity index (χ1) is 10.1. The van der Waals surface area contributed by atoms with Gasteiger partial charge in [-0.1, -0.05) is 25.8 Å². The van der Waals surface area contributed by atoms with E-state index in [4.69, 9.17) is 17.0 Å². The highest BCUT2D eigenvalue weighted by atomic mass is 32.1. The minimum atomic E-state index is 0.163. The third kappa shape index (κ3) is 2.86. The van der Waals surface area contributed by atoms with Gasteiger partial charge in [-0.2, -0.15) is 0 Å². The topological polar surface area (TPSA) is 29.9 Å². The van der Waals surface area contributed by atoms with Crippen LogP contribution >= 0.6 is 12.2 Å². The Morgan fingerprint density at radius 2 is 2.19 bits per heavy atom. The maximum absolute atomic E-state index is 5.90. The summed E-state index contributed by atoms with van der Waals surface area (Å²) in [6.07, 6.45) is 4.18. The van der Waals surface area contributed by atoms with Crippen LogP contribution in [0.25, 0.3) is 11.0 Å². The van der Waals surface area contributed by atoms with E-state index in [0.717, 1.165) is 39.9 Å². The maximum Gasteiger partial charge on any atom is 0.178 e. The lowest BCUT2D eigenvalue weighted by Gasteiger charge is -2.16. The lowest BCUT2D eigenvalue weighted by atomic mass is 9.98. The fourth-order valence-corrected chi connectivity index (χ4v) is 3.69. The molecular weight excluding hydrogens is 280 g/mol. The number of ether oxygens (including phenoxy) is 1. The molecule has 0 bridgehead atoms. The van der Waals surface area contributed by atoms with Crippen LogP contribution in [0, 0.1) is 16.6 Å². The van der Waals surface area contributed by atoms with Crippen LogP contribution in [-0.4, -0.2) is 15.7 Å². The molecule has 1 aliphatic carbocycles. The Balaban J connectivity index is 1.99. The number of fused-ring (bicyclic) bond motifs is 1. The van der Waals surface area contributed by atoms with Crippen molar-refractivity contribution in [3.8, 4) is 5.75 Å². The Labute approximate surface area is 131 Å². The zero-order valence-corrected chi connectivity index (χ0v) is 13.9. The van der Waals surface area contributed by atoms with E-state index in [1.54, 1.807) is 0 Å². The second-order valence-electron chi connectivity index (χ2n) is 6.53. The molecule has 0 aliphatic heterocycles. The van der Waals surface area contributed by atoms with Crippen LogP contribution in [0.1, 0.15) is 40.0 Å². The second-order valence-corrected chi connectivity index (χ2v) is 6.91. The molecule has 1 fully saturated rings. The molecule has 2 aromatic rings. The maximum atomic E-state index is 5.90. The van der Waals surface area contributed by atoms with Crippen molar-refractivity contribution in [1.29, 1.82) is 0 Å². The number of hydrogen-bond donors (Lipinski definition) is 1. The Morgan fingerprint density at radius 1 is 1.38 bits per heavy atom. The Bertz CT molecular complexity index is 686. The predicted octanol–water partition coefficient (Wildman–Crippen LogP) is 4.92. The van der Waals surface area contributed by atoms with Crippen molar-refractivity contribution in [2.45, 2.75) is 52.7 Å². The van der Waals surface area contributed by atoms with Gasteiger partial charge >= 0.3 is 0 Å². The molecule has 1 aliphatic rings. The monoisotopic (exact) mass is 304 g/mol. The lowest BCUT2D eigenvalue weighted by Crippen LogP contribution is -2.13. The summed E-state index contributed by atoms with van der Waals surface area (Å²) >= 11 is 5.55. The molecule has 3 rings (SSSR count). The van der Waals surface area contributed by atoms with Gasteiger partial charge in [-0.05, 0) is 56.5 Å². The van der Waals surface area contributed by atoms with Gasteiger partial charge in [0.1, 0.15) is 11.3 Å². The SMILES string of the molecule is CC(C)Oc1cccc2c1[nH]c(=S)n2CC1CCCC1C. The molecule has 1 N–H and O–H groups in total. The van der Waals surface area contributed by atoms with E-state index in [0.29, 0.717) is 0 Å². The predicted molar refractivity (Wildman–Crippen MR) is 89.4 cm³/mol. The molecule has 4 heteroatoms. The van der Waals surface area contributed by atoms with Crippen LogP contribution in [0.15, 0.2) is 18.2 Å². The zero-order valence-electron chi connectivity index (χ0n) is 13.1. The summed E-state index contributed by atoms with van der Waals surface area (Å²) in [5, 5.41) is 0. The van der Waals surface area contributed by atoms with Crippen molar-refractivity contribution < 1.29 is 4.74 Å². The molecule has 0 radical (unpaired) electrons. The van der Waals surface area contributed by atoms with Gasteiger partial charge < -0.3 is 14.3 Å². The molecule has 1 aromatic heterocycles. The van der Waals surface area contributed by atoms with Gasteiger partial charge in [0.25, 0.3) is 0 Å². The third-order valence-corrected chi connectivity index (χ3v) is 4.91. The highest BCUT2D eigenvalue weighted by Crippen LogP contribution is 2.34. The Hall–Kier alpha value is -1.29. The molecule has 1 heterocycles. The van der Waals surface area contributed by atoms with E-state index in [-0.39, 0.29) is 6.10 Å². The zero-order chi connectivity index (χ0) is 15.0. The number of benzene rings is 1. The van der Waals surface area contributed by atoms with Crippen molar-refractivity contribution in [1.82, 2.24) is 9.55 Å². The molecule has 1 saturated carbocycles. The van der Waals surface area contributed by atoms with Crippen molar-refractivity contribution in [2.75, 3.05) is 0 Å². The average molecular weight is 304 g/mol. The summed E-state index contributed by atoms with van der Waals surface area (Å²) in [5.41, 5.74) is 2.19. The van der Waals surface area contributed by atoms with E-state index < -0.39 is 0 Å². The lowest BCUT2D eigenvalue weighted by molar-refractivity contribution is 0.245. The normalized spacial score (nSPS) is 22.3. The Kier molecular flexibility index (Phi) is 4.07. The summed E-state index contributed by atoms with van der Waals surface area (Å²) in [6, 6.07) is 6.20. The number of nitrogens with one attached hydrogen (secondary N) is 1. The quantitative estimate of drug-likeness (QED) is 0.812. The highest BCUT2D eigenvalue weighted by molar-refractivity contribution is 7.71. The summed E-state index contributed by atoms with van der Waals surface area (Å²) in [6.45, 7) is 7.48. The van der Waals surface area contributed by atoms with Gasteiger partial charge in [0.2, 0.25) is 0 Å². The van der Waals surface area contributed by atoms with Crippen LogP contribution in [0.4, 0.5) is 0 Å². The largest absolute Gasteiger partial charge is 0.489 e. The van der Waals surface area contributed by atoms with E-state index in [1.165, 1.54) is 19.3 Å². The Morgan fingerprint density at radius 3 is 2.86 bits per heavy atom. The number of hydrogen-bond acceptors (Lipinski definition) is 2. The smallest absolute Gasteiger partial charge is 0.178 e. The highest BCUT2D eigenvalue weighted by Gasteiger charge is 2.24. The first-order valence-electron chi connectivity index (χ1n) is 7.94. The second kappa shape index (κ2) is 5.84. The molecular formula is C17H24N2OS.